The molecule has 2 aliphatic rings. The summed E-state index contributed by atoms with van der Waals surface area (Å²) in [6, 6.07) is 5.46. The first-order chi connectivity index (χ1) is 14.6. The van der Waals surface area contributed by atoms with Crippen molar-refractivity contribution in [3.05, 3.63) is 58.5 Å². The molecule has 1 aliphatic carbocycles. The topological polar surface area (TPSA) is 42.7 Å². The van der Waals surface area contributed by atoms with E-state index >= 15 is 0 Å². The Kier molecular flexibility index (Phi) is 5.33. The molecule has 0 amide bonds. The van der Waals surface area contributed by atoms with Crippen LogP contribution in [0.2, 0.25) is 5.02 Å². The van der Waals surface area contributed by atoms with Gasteiger partial charge in [-0.15, -0.1) is 10.2 Å². The smallest absolute Gasteiger partial charge is 0.179 e. The molecule has 3 heterocycles. The second-order valence-electron chi connectivity index (χ2n) is 8.28. The van der Waals surface area contributed by atoms with Crippen molar-refractivity contribution >= 4 is 17.2 Å². The highest BCUT2D eigenvalue weighted by Gasteiger charge is 2.25. The van der Waals surface area contributed by atoms with Gasteiger partial charge in [0.25, 0.3) is 0 Å². The first-order valence-corrected chi connectivity index (χ1v) is 10.8. The van der Waals surface area contributed by atoms with Gasteiger partial charge in [0.1, 0.15) is 17.7 Å². The fraction of sp³-hybridized carbons (Fsp3) is 0.455. The number of halogens is 3. The maximum absolute atomic E-state index is 13.8. The molecule has 0 unspecified atom stereocenters. The average Bonchev–Trinajstić information content (AvgIpc) is 3.46. The molecule has 0 atom stereocenters. The van der Waals surface area contributed by atoms with E-state index in [0.717, 1.165) is 67.9 Å². The Morgan fingerprint density at radius 2 is 1.87 bits per heavy atom. The zero-order valence-electron chi connectivity index (χ0n) is 16.5. The summed E-state index contributed by atoms with van der Waals surface area (Å²) in [6.45, 7) is 2.35. The van der Waals surface area contributed by atoms with Gasteiger partial charge in [-0.2, -0.15) is 0 Å². The quantitative estimate of drug-likeness (QED) is 0.568. The van der Waals surface area contributed by atoms with Gasteiger partial charge in [-0.25, -0.2) is 8.78 Å². The number of hydrogen-bond donors (Lipinski definition) is 0. The van der Waals surface area contributed by atoms with Crippen LogP contribution in [-0.4, -0.2) is 38.7 Å². The van der Waals surface area contributed by atoms with E-state index in [1.165, 1.54) is 25.0 Å². The number of hydrogen-bond acceptors (Lipinski definition) is 4. The third-order valence-corrected chi connectivity index (χ3v) is 6.37. The molecule has 8 heteroatoms. The van der Waals surface area contributed by atoms with Crippen molar-refractivity contribution < 1.29 is 13.5 Å². The number of rotatable bonds is 6. The van der Waals surface area contributed by atoms with Crippen molar-refractivity contribution in [3.8, 4) is 5.75 Å². The summed E-state index contributed by atoms with van der Waals surface area (Å²) in [7, 11) is 0. The molecular formula is C22H23ClF2N4O. The van der Waals surface area contributed by atoms with Crippen LogP contribution in [0.4, 0.5) is 8.78 Å². The normalized spacial score (nSPS) is 18.2. The van der Waals surface area contributed by atoms with Gasteiger partial charge in [-0.3, -0.25) is 9.30 Å². The SMILES string of the molecule is Fc1ccc(OC2CCN(Cc3ccn4c(CC5CC5)nnc4c3Cl)CC2)c(F)c1. The van der Waals surface area contributed by atoms with E-state index in [1.54, 1.807) is 0 Å². The lowest BCUT2D eigenvalue weighted by molar-refractivity contribution is 0.0934. The summed E-state index contributed by atoms with van der Waals surface area (Å²) in [5.74, 6) is 0.564. The van der Waals surface area contributed by atoms with Crippen LogP contribution in [0.5, 0.6) is 5.75 Å². The molecule has 5 rings (SSSR count). The number of ether oxygens (including phenoxy) is 1. The first-order valence-electron chi connectivity index (χ1n) is 10.4. The molecule has 1 aliphatic heterocycles. The van der Waals surface area contributed by atoms with Gasteiger partial charge in [0, 0.05) is 38.3 Å². The third kappa shape index (κ3) is 4.14. The molecule has 0 spiro atoms. The van der Waals surface area contributed by atoms with Crippen molar-refractivity contribution in [1.29, 1.82) is 0 Å². The van der Waals surface area contributed by atoms with Crippen LogP contribution in [0.3, 0.4) is 0 Å². The van der Waals surface area contributed by atoms with E-state index < -0.39 is 11.6 Å². The lowest BCUT2D eigenvalue weighted by Gasteiger charge is -2.32. The second-order valence-corrected chi connectivity index (χ2v) is 8.66. The molecular weight excluding hydrogens is 410 g/mol. The van der Waals surface area contributed by atoms with Crippen LogP contribution >= 0.6 is 11.6 Å². The van der Waals surface area contributed by atoms with Crippen LogP contribution in [0.15, 0.2) is 30.5 Å². The standard InChI is InChI=1S/C22H23ClF2N4O/c23-21-15(5-10-29-20(11-14-1-2-14)26-27-22(21)29)13-28-8-6-17(7-9-28)30-19-4-3-16(24)12-18(19)25/h3-5,10,12,14,17H,1-2,6-9,11,13H2. The molecule has 0 bridgehead atoms. The zero-order valence-corrected chi connectivity index (χ0v) is 17.3. The molecule has 2 aromatic heterocycles. The number of aromatic nitrogens is 3. The predicted octanol–water partition coefficient (Wildman–Crippen LogP) is 4.66. The molecule has 30 heavy (non-hydrogen) atoms. The number of pyridine rings is 1. The van der Waals surface area contributed by atoms with Crippen LogP contribution in [0.25, 0.3) is 5.65 Å². The summed E-state index contributed by atoms with van der Waals surface area (Å²) < 4.78 is 34.6. The van der Waals surface area contributed by atoms with Crippen LogP contribution < -0.4 is 4.74 Å². The zero-order chi connectivity index (χ0) is 20.7. The van der Waals surface area contributed by atoms with E-state index in [0.29, 0.717) is 5.02 Å². The van der Waals surface area contributed by atoms with Crippen molar-refractivity contribution in [2.45, 2.75) is 44.8 Å². The van der Waals surface area contributed by atoms with E-state index in [1.807, 2.05) is 16.7 Å². The number of fused-ring (bicyclic) bond motifs is 1. The Labute approximate surface area is 178 Å². The average molecular weight is 433 g/mol. The van der Waals surface area contributed by atoms with E-state index in [-0.39, 0.29) is 11.9 Å². The summed E-state index contributed by atoms with van der Waals surface area (Å²) in [6.07, 6.45) is 6.98. The molecule has 158 valence electrons. The lowest BCUT2D eigenvalue weighted by atomic mass is 10.1. The molecule has 1 saturated carbocycles. The number of nitrogens with zero attached hydrogens (tertiary/aromatic N) is 4. The molecule has 1 aromatic carbocycles. The Bertz CT molecular complexity index is 1060. The number of benzene rings is 1. The Morgan fingerprint density at radius 3 is 2.60 bits per heavy atom. The molecule has 5 nitrogen and oxygen atoms in total. The van der Waals surface area contributed by atoms with Crippen molar-refractivity contribution in [1.82, 2.24) is 19.5 Å². The Balaban J connectivity index is 1.21. The van der Waals surface area contributed by atoms with Gasteiger partial charge in [0.2, 0.25) is 0 Å². The molecule has 2 fully saturated rings. The molecule has 0 N–H and O–H groups in total. The summed E-state index contributed by atoms with van der Waals surface area (Å²) in [5, 5.41) is 9.29. The highest BCUT2D eigenvalue weighted by Crippen LogP contribution is 2.33. The maximum atomic E-state index is 13.8. The largest absolute Gasteiger partial charge is 0.487 e. The van der Waals surface area contributed by atoms with Gasteiger partial charge in [0.05, 0.1) is 5.02 Å². The lowest BCUT2D eigenvalue weighted by Crippen LogP contribution is -2.38. The number of likely N-dealkylation sites (tertiary alicyclic amines) is 1. The Hall–Kier alpha value is -2.25. The fourth-order valence-corrected chi connectivity index (χ4v) is 4.28. The van der Waals surface area contributed by atoms with Gasteiger partial charge < -0.3 is 4.74 Å². The minimum atomic E-state index is -0.660. The van der Waals surface area contributed by atoms with Gasteiger partial charge >= 0.3 is 0 Å². The predicted molar refractivity (Wildman–Crippen MR) is 110 cm³/mol. The fourth-order valence-electron chi connectivity index (χ4n) is 4.03. The van der Waals surface area contributed by atoms with E-state index in [2.05, 4.69) is 15.1 Å². The Morgan fingerprint density at radius 1 is 1.07 bits per heavy atom. The summed E-state index contributed by atoms with van der Waals surface area (Å²) in [4.78, 5) is 2.31. The van der Waals surface area contributed by atoms with Crippen molar-refractivity contribution in [2.75, 3.05) is 13.1 Å². The third-order valence-electron chi connectivity index (χ3n) is 5.95. The first kappa shape index (κ1) is 19.7. The second kappa shape index (κ2) is 8.12. The highest BCUT2D eigenvalue weighted by molar-refractivity contribution is 6.34. The van der Waals surface area contributed by atoms with Gasteiger partial charge in [-0.05, 0) is 55.4 Å². The number of piperidine rings is 1. The minimum absolute atomic E-state index is 0.0827. The van der Waals surface area contributed by atoms with Crippen molar-refractivity contribution in [3.63, 3.8) is 0 Å². The summed E-state index contributed by atoms with van der Waals surface area (Å²) >= 11 is 6.65. The molecule has 3 aromatic rings. The van der Waals surface area contributed by atoms with Crippen molar-refractivity contribution in [2.24, 2.45) is 5.92 Å². The maximum Gasteiger partial charge on any atom is 0.179 e. The van der Waals surface area contributed by atoms with E-state index in [9.17, 15) is 8.78 Å². The molecule has 1 saturated heterocycles. The monoisotopic (exact) mass is 432 g/mol. The van der Waals surface area contributed by atoms with Crippen LogP contribution in [-0.2, 0) is 13.0 Å². The van der Waals surface area contributed by atoms with Gasteiger partial charge in [-0.1, -0.05) is 11.6 Å². The summed E-state index contributed by atoms with van der Waals surface area (Å²) in [5.41, 5.74) is 1.74. The van der Waals surface area contributed by atoms with E-state index in [4.69, 9.17) is 16.3 Å². The minimum Gasteiger partial charge on any atom is -0.487 e. The van der Waals surface area contributed by atoms with Crippen LogP contribution in [0, 0.1) is 17.6 Å². The van der Waals surface area contributed by atoms with Gasteiger partial charge in [0.15, 0.2) is 17.2 Å². The molecule has 0 radical (unpaired) electrons. The van der Waals surface area contributed by atoms with Crippen LogP contribution in [0.1, 0.15) is 37.1 Å². The highest BCUT2D eigenvalue weighted by atomic mass is 35.5.